The Morgan fingerprint density at radius 3 is 2.44 bits per heavy atom. The van der Waals surface area contributed by atoms with Crippen LogP contribution >= 0.6 is 0 Å². The summed E-state index contributed by atoms with van der Waals surface area (Å²) < 4.78 is 25.5. The molecule has 18 heavy (non-hydrogen) atoms. The van der Waals surface area contributed by atoms with E-state index in [-0.39, 0.29) is 11.7 Å². The fourth-order valence-electron chi connectivity index (χ4n) is 1.15. The van der Waals surface area contributed by atoms with Crippen molar-refractivity contribution in [1.29, 1.82) is 0 Å². The fraction of sp³-hybridized carbons (Fsp3) is 0.333. The summed E-state index contributed by atoms with van der Waals surface area (Å²) in [5.41, 5.74) is 0.0261. The minimum absolute atomic E-state index is 0.0261. The van der Waals surface area contributed by atoms with E-state index in [4.69, 9.17) is 0 Å². The normalized spacial score (nSPS) is 11.8. The van der Waals surface area contributed by atoms with E-state index in [0.29, 0.717) is 6.42 Å². The highest BCUT2D eigenvalue weighted by molar-refractivity contribution is 6.39. The Balaban J connectivity index is 2.64. The first-order chi connectivity index (χ1) is 8.43. The monoisotopic (exact) mass is 256 g/mol. The lowest BCUT2D eigenvalue weighted by Gasteiger charge is -2.11. The molecule has 0 bridgehead atoms. The van der Waals surface area contributed by atoms with E-state index >= 15 is 0 Å². The minimum atomic E-state index is -1.09. The van der Waals surface area contributed by atoms with Gasteiger partial charge in [0, 0.05) is 17.8 Å². The number of amides is 2. The van der Waals surface area contributed by atoms with E-state index in [1.165, 1.54) is 6.07 Å². The molecule has 1 aromatic rings. The van der Waals surface area contributed by atoms with Gasteiger partial charge in [0.25, 0.3) is 0 Å². The van der Waals surface area contributed by atoms with E-state index in [2.05, 4.69) is 10.6 Å². The maximum atomic E-state index is 12.9. The predicted octanol–water partition coefficient (Wildman–Crippen LogP) is 1.82. The van der Waals surface area contributed by atoms with Crippen molar-refractivity contribution in [3.63, 3.8) is 0 Å². The van der Waals surface area contributed by atoms with Crippen molar-refractivity contribution in [2.75, 3.05) is 5.32 Å². The van der Waals surface area contributed by atoms with Crippen molar-refractivity contribution in [1.82, 2.24) is 5.32 Å². The first kappa shape index (κ1) is 14.1. The van der Waals surface area contributed by atoms with E-state index in [1.54, 1.807) is 6.92 Å². The molecule has 0 aliphatic carbocycles. The standard InChI is InChI=1S/C12H14F2N2O2/c1-3-7(2)15-11(17)12(18)16-8-4-5-9(13)10(14)6-8/h4-7H,3H2,1-2H3,(H,15,17)(H,16,18). The Bertz CT molecular complexity index is 463. The van der Waals surface area contributed by atoms with E-state index < -0.39 is 23.4 Å². The van der Waals surface area contributed by atoms with Crippen LogP contribution in [0, 0.1) is 11.6 Å². The molecule has 98 valence electrons. The molecule has 0 aromatic heterocycles. The molecule has 0 saturated carbocycles. The lowest BCUT2D eigenvalue weighted by molar-refractivity contribution is -0.136. The summed E-state index contributed by atoms with van der Waals surface area (Å²) in [4.78, 5) is 22.8. The molecule has 0 spiro atoms. The molecule has 2 N–H and O–H groups in total. The molecule has 0 aliphatic rings. The van der Waals surface area contributed by atoms with Crippen LogP contribution in [0.25, 0.3) is 0 Å². The zero-order chi connectivity index (χ0) is 13.7. The molecule has 1 aromatic carbocycles. The number of carbonyl (C=O) groups is 2. The van der Waals surface area contributed by atoms with Gasteiger partial charge < -0.3 is 10.6 Å². The highest BCUT2D eigenvalue weighted by Crippen LogP contribution is 2.12. The van der Waals surface area contributed by atoms with Gasteiger partial charge in [0.1, 0.15) is 0 Å². The highest BCUT2D eigenvalue weighted by Gasteiger charge is 2.16. The van der Waals surface area contributed by atoms with Crippen LogP contribution in [0.1, 0.15) is 20.3 Å². The lowest BCUT2D eigenvalue weighted by Crippen LogP contribution is -2.40. The number of carbonyl (C=O) groups excluding carboxylic acids is 2. The summed E-state index contributed by atoms with van der Waals surface area (Å²) in [6.07, 6.45) is 0.685. The number of halogens is 2. The lowest BCUT2D eigenvalue weighted by atomic mass is 10.2. The topological polar surface area (TPSA) is 58.2 Å². The Morgan fingerprint density at radius 1 is 1.22 bits per heavy atom. The van der Waals surface area contributed by atoms with Crippen LogP contribution in [0.5, 0.6) is 0 Å². The van der Waals surface area contributed by atoms with Crippen LogP contribution in [-0.4, -0.2) is 17.9 Å². The second-order valence-corrected chi connectivity index (χ2v) is 3.87. The fourth-order valence-corrected chi connectivity index (χ4v) is 1.15. The van der Waals surface area contributed by atoms with Crippen molar-refractivity contribution >= 4 is 17.5 Å². The van der Waals surface area contributed by atoms with Gasteiger partial charge in [0.2, 0.25) is 0 Å². The van der Waals surface area contributed by atoms with Crippen LogP contribution in [0.4, 0.5) is 14.5 Å². The van der Waals surface area contributed by atoms with E-state index in [9.17, 15) is 18.4 Å². The largest absolute Gasteiger partial charge is 0.345 e. The second-order valence-electron chi connectivity index (χ2n) is 3.87. The SMILES string of the molecule is CCC(C)NC(=O)C(=O)Nc1ccc(F)c(F)c1. The summed E-state index contributed by atoms with van der Waals surface area (Å²) in [6.45, 7) is 3.61. The number of benzene rings is 1. The van der Waals surface area contributed by atoms with Gasteiger partial charge in [-0.05, 0) is 25.5 Å². The average molecular weight is 256 g/mol. The van der Waals surface area contributed by atoms with Crippen molar-refractivity contribution < 1.29 is 18.4 Å². The van der Waals surface area contributed by atoms with Crippen molar-refractivity contribution in [2.45, 2.75) is 26.3 Å². The molecule has 1 rings (SSSR count). The third kappa shape index (κ3) is 3.80. The first-order valence-electron chi connectivity index (χ1n) is 5.51. The number of nitrogens with one attached hydrogen (secondary N) is 2. The third-order valence-electron chi connectivity index (χ3n) is 2.37. The molecule has 1 unspecified atom stereocenters. The van der Waals surface area contributed by atoms with Gasteiger partial charge in [-0.2, -0.15) is 0 Å². The maximum absolute atomic E-state index is 12.9. The quantitative estimate of drug-likeness (QED) is 0.810. The molecular weight excluding hydrogens is 242 g/mol. The molecule has 1 atom stereocenters. The zero-order valence-corrected chi connectivity index (χ0v) is 10.1. The Kier molecular flexibility index (Phi) is 4.76. The zero-order valence-electron chi connectivity index (χ0n) is 10.1. The molecule has 6 heteroatoms. The minimum Gasteiger partial charge on any atom is -0.345 e. The summed E-state index contributed by atoms with van der Waals surface area (Å²) in [7, 11) is 0. The van der Waals surface area contributed by atoms with Gasteiger partial charge in [0.15, 0.2) is 11.6 Å². The Morgan fingerprint density at radius 2 is 1.89 bits per heavy atom. The number of hydrogen-bond donors (Lipinski definition) is 2. The van der Waals surface area contributed by atoms with Gasteiger partial charge in [-0.1, -0.05) is 6.92 Å². The molecule has 0 radical (unpaired) electrons. The van der Waals surface area contributed by atoms with Crippen molar-refractivity contribution in [3.8, 4) is 0 Å². The molecule has 2 amide bonds. The number of anilines is 1. The predicted molar refractivity (Wildman–Crippen MR) is 62.9 cm³/mol. The van der Waals surface area contributed by atoms with Crippen LogP contribution in [0.2, 0.25) is 0 Å². The molecule has 0 aliphatic heterocycles. The van der Waals surface area contributed by atoms with Crippen molar-refractivity contribution in [3.05, 3.63) is 29.8 Å². The van der Waals surface area contributed by atoms with Crippen LogP contribution in [-0.2, 0) is 9.59 Å². The van der Waals surface area contributed by atoms with Gasteiger partial charge in [-0.25, -0.2) is 8.78 Å². The summed E-state index contributed by atoms with van der Waals surface area (Å²) in [6, 6.07) is 2.72. The van der Waals surface area contributed by atoms with Crippen LogP contribution < -0.4 is 10.6 Å². The van der Waals surface area contributed by atoms with Gasteiger partial charge >= 0.3 is 11.8 Å². The molecular formula is C12H14F2N2O2. The molecule has 0 saturated heterocycles. The van der Waals surface area contributed by atoms with E-state index in [1.807, 2.05) is 6.92 Å². The Labute approximate surface area is 103 Å². The van der Waals surface area contributed by atoms with E-state index in [0.717, 1.165) is 12.1 Å². The molecule has 4 nitrogen and oxygen atoms in total. The highest BCUT2D eigenvalue weighted by atomic mass is 19.2. The Hall–Kier alpha value is -1.98. The average Bonchev–Trinajstić information content (AvgIpc) is 2.33. The number of hydrogen-bond acceptors (Lipinski definition) is 2. The van der Waals surface area contributed by atoms with Gasteiger partial charge in [0.05, 0.1) is 0 Å². The first-order valence-corrected chi connectivity index (χ1v) is 5.51. The van der Waals surface area contributed by atoms with Crippen LogP contribution in [0.15, 0.2) is 18.2 Å². The molecule has 0 fully saturated rings. The second kappa shape index (κ2) is 6.09. The number of rotatable bonds is 3. The summed E-state index contributed by atoms with van der Waals surface area (Å²) in [5.74, 6) is -3.83. The van der Waals surface area contributed by atoms with Gasteiger partial charge in [-0.3, -0.25) is 9.59 Å². The summed E-state index contributed by atoms with van der Waals surface area (Å²) in [5, 5.41) is 4.64. The smallest absolute Gasteiger partial charge is 0.313 e. The maximum Gasteiger partial charge on any atom is 0.313 e. The summed E-state index contributed by atoms with van der Waals surface area (Å²) >= 11 is 0. The van der Waals surface area contributed by atoms with Gasteiger partial charge in [-0.15, -0.1) is 0 Å². The molecule has 0 heterocycles. The van der Waals surface area contributed by atoms with Crippen LogP contribution in [0.3, 0.4) is 0 Å². The van der Waals surface area contributed by atoms with Crippen molar-refractivity contribution in [2.24, 2.45) is 0 Å². The third-order valence-corrected chi connectivity index (χ3v) is 2.37.